The molecule has 3 N–H and O–H groups in total. The minimum atomic E-state index is -0.837. The highest BCUT2D eigenvalue weighted by Crippen LogP contribution is 2.35. The fourth-order valence-electron chi connectivity index (χ4n) is 3.43. The van der Waals surface area contributed by atoms with Crippen molar-refractivity contribution in [1.82, 2.24) is 20.3 Å². The standard InChI is InChI=1S/C22H20FN5O3/c23-17-8-16(9-25-10-17)19-12-26-11-18(28-19)14-2-4-15(5-3-14)20(29)27-13-22(6-1-7-22)31-21(24)30/h2-5,8-12H,1,6-7,13H2,(H2,24,30)(H,27,29). The Morgan fingerprint density at radius 2 is 1.71 bits per heavy atom. The van der Waals surface area contributed by atoms with Gasteiger partial charge in [0.15, 0.2) is 0 Å². The lowest BCUT2D eigenvalue weighted by molar-refractivity contribution is -0.0408. The van der Waals surface area contributed by atoms with Crippen LogP contribution in [0.15, 0.2) is 55.1 Å². The van der Waals surface area contributed by atoms with Gasteiger partial charge in [0.1, 0.15) is 11.4 Å². The van der Waals surface area contributed by atoms with Crippen LogP contribution in [-0.2, 0) is 4.74 Å². The Kier molecular flexibility index (Phi) is 5.57. The predicted molar refractivity (Wildman–Crippen MR) is 110 cm³/mol. The third-order valence-corrected chi connectivity index (χ3v) is 5.23. The van der Waals surface area contributed by atoms with Gasteiger partial charge in [0.2, 0.25) is 0 Å². The van der Waals surface area contributed by atoms with Gasteiger partial charge in [0, 0.05) is 22.9 Å². The number of nitrogens with one attached hydrogen (secondary N) is 1. The van der Waals surface area contributed by atoms with Crippen molar-refractivity contribution in [3.8, 4) is 22.5 Å². The second-order valence-electron chi connectivity index (χ2n) is 7.40. The molecule has 0 saturated heterocycles. The minimum absolute atomic E-state index is 0.214. The van der Waals surface area contributed by atoms with Gasteiger partial charge < -0.3 is 15.8 Å². The maximum atomic E-state index is 13.4. The van der Waals surface area contributed by atoms with Gasteiger partial charge in [-0.2, -0.15) is 0 Å². The highest BCUT2D eigenvalue weighted by molar-refractivity contribution is 5.94. The van der Waals surface area contributed by atoms with Crippen LogP contribution in [0.5, 0.6) is 0 Å². The van der Waals surface area contributed by atoms with Gasteiger partial charge in [-0.15, -0.1) is 0 Å². The molecular formula is C22H20FN5O3. The van der Waals surface area contributed by atoms with Crippen LogP contribution in [0.4, 0.5) is 9.18 Å². The molecule has 1 aliphatic rings. The maximum absolute atomic E-state index is 13.4. The Hall–Kier alpha value is -3.88. The average molecular weight is 421 g/mol. The number of carbonyl (C=O) groups excluding carboxylic acids is 2. The van der Waals surface area contributed by atoms with Crippen molar-refractivity contribution < 1.29 is 18.7 Å². The third-order valence-electron chi connectivity index (χ3n) is 5.23. The van der Waals surface area contributed by atoms with E-state index < -0.39 is 17.5 Å². The highest BCUT2D eigenvalue weighted by atomic mass is 19.1. The first-order valence-corrected chi connectivity index (χ1v) is 9.74. The van der Waals surface area contributed by atoms with E-state index in [0.29, 0.717) is 35.4 Å². The predicted octanol–water partition coefficient (Wildman–Crippen LogP) is 3.09. The normalized spacial score (nSPS) is 14.4. The molecule has 0 radical (unpaired) electrons. The van der Waals surface area contributed by atoms with Crippen molar-refractivity contribution in [2.75, 3.05) is 6.54 Å². The number of ether oxygens (including phenoxy) is 1. The van der Waals surface area contributed by atoms with Crippen molar-refractivity contribution in [3.63, 3.8) is 0 Å². The van der Waals surface area contributed by atoms with Crippen LogP contribution in [0.2, 0.25) is 0 Å². The molecule has 2 heterocycles. The topological polar surface area (TPSA) is 120 Å². The van der Waals surface area contributed by atoms with E-state index in [1.165, 1.54) is 18.5 Å². The molecule has 1 aromatic carbocycles. The zero-order valence-electron chi connectivity index (χ0n) is 16.5. The molecule has 8 nitrogen and oxygen atoms in total. The number of pyridine rings is 1. The molecule has 3 aromatic rings. The second-order valence-corrected chi connectivity index (χ2v) is 7.40. The molecule has 1 saturated carbocycles. The van der Waals surface area contributed by atoms with E-state index in [1.54, 1.807) is 30.5 Å². The van der Waals surface area contributed by atoms with E-state index in [9.17, 15) is 14.0 Å². The fraction of sp³-hybridized carbons (Fsp3) is 0.227. The number of hydrogen-bond donors (Lipinski definition) is 2. The molecule has 0 atom stereocenters. The van der Waals surface area contributed by atoms with E-state index in [4.69, 9.17) is 10.5 Å². The lowest BCUT2D eigenvalue weighted by atomic mass is 9.80. The van der Waals surface area contributed by atoms with E-state index in [0.717, 1.165) is 18.2 Å². The molecule has 1 fully saturated rings. The lowest BCUT2D eigenvalue weighted by Gasteiger charge is -2.40. The summed E-state index contributed by atoms with van der Waals surface area (Å²) in [5.41, 5.74) is 7.22. The molecule has 0 bridgehead atoms. The molecular weight excluding hydrogens is 401 g/mol. The third kappa shape index (κ3) is 4.66. The van der Waals surface area contributed by atoms with Crippen LogP contribution < -0.4 is 11.1 Å². The SMILES string of the molecule is NC(=O)OC1(CNC(=O)c2ccc(-c3cncc(-c4cncc(F)c4)n3)cc2)CCC1. The van der Waals surface area contributed by atoms with E-state index in [2.05, 4.69) is 20.3 Å². The number of primary amides is 1. The van der Waals surface area contributed by atoms with Crippen molar-refractivity contribution in [3.05, 3.63) is 66.5 Å². The number of rotatable bonds is 6. The summed E-state index contributed by atoms with van der Waals surface area (Å²) in [5.74, 6) is -0.735. The average Bonchev–Trinajstić information content (AvgIpc) is 2.75. The molecule has 4 rings (SSSR count). The largest absolute Gasteiger partial charge is 0.441 e. The zero-order chi connectivity index (χ0) is 21.8. The molecule has 158 valence electrons. The minimum Gasteiger partial charge on any atom is -0.441 e. The molecule has 31 heavy (non-hydrogen) atoms. The Morgan fingerprint density at radius 3 is 2.32 bits per heavy atom. The molecule has 1 aliphatic carbocycles. The van der Waals surface area contributed by atoms with E-state index >= 15 is 0 Å². The monoisotopic (exact) mass is 421 g/mol. The number of nitrogens with two attached hydrogens (primary N) is 1. The van der Waals surface area contributed by atoms with Crippen LogP contribution in [-0.4, -0.2) is 39.1 Å². The number of amides is 2. The number of nitrogens with zero attached hydrogens (tertiary/aromatic N) is 3. The first-order valence-electron chi connectivity index (χ1n) is 9.74. The van der Waals surface area contributed by atoms with Crippen molar-refractivity contribution >= 4 is 12.0 Å². The summed E-state index contributed by atoms with van der Waals surface area (Å²) in [4.78, 5) is 36.1. The zero-order valence-corrected chi connectivity index (χ0v) is 16.5. The van der Waals surface area contributed by atoms with Crippen molar-refractivity contribution in [2.24, 2.45) is 5.73 Å². The summed E-state index contributed by atoms with van der Waals surface area (Å²) in [6, 6.07) is 8.19. The van der Waals surface area contributed by atoms with Crippen molar-refractivity contribution in [2.45, 2.75) is 24.9 Å². The maximum Gasteiger partial charge on any atom is 0.405 e. The summed E-state index contributed by atoms with van der Waals surface area (Å²) >= 11 is 0. The van der Waals surface area contributed by atoms with Crippen LogP contribution in [0.1, 0.15) is 29.6 Å². The Bertz CT molecular complexity index is 1120. The first kappa shape index (κ1) is 20.4. The van der Waals surface area contributed by atoms with Gasteiger partial charge in [0.25, 0.3) is 5.91 Å². The van der Waals surface area contributed by atoms with Crippen LogP contribution in [0, 0.1) is 5.82 Å². The number of halogens is 1. The Labute approximate surface area is 177 Å². The second kappa shape index (κ2) is 8.47. The van der Waals surface area contributed by atoms with Gasteiger partial charge in [-0.05, 0) is 37.5 Å². The van der Waals surface area contributed by atoms with E-state index in [1.807, 2.05) is 0 Å². The lowest BCUT2D eigenvalue weighted by Crippen LogP contribution is -2.51. The van der Waals surface area contributed by atoms with Gasteiger partial charge in [-0.25, -0.2) is 14.2 Å². The van der Waals surface area contributed by atoms with Gasteiger partial charge >= 0.3 is 6.09 Å². The summed E-state index contributed by atoms with van der Waals surface area (Å²) in [6.45, 7) is 0.214. The summed E-state index contributed by atoms with van der Waals surface area (Å²) < 4.78 is 18.6. The number of hydrogen-bond acceptors (Lipinski definition) is 6. The molecule has 0 aliphatic heterocycles. The molecule has 0 unspecified atom stereocenters. The van der Waals surface area contributed by atoms with Crippen LogP contribution in [0.3, 0.4) is 0 Å². The molecule has 2 amide bonds. The first-order chi connectivity index (χ1) is 14.9. The van der Waals surface area contributed by atoms with Crippen LogP contribution >= 0.6 is 0 Å². The fourth-order valence-corrected chi connectivity index (χ4v) is 3.43. The number of carbonyl (C=O) groups is 2. The number of benzene rings is 1. The summed E-state index contributed by atoms with van der Waals surface area (Å²) in [6.07, 6.45) is 7.19. The molecule has 0 spiro atoms. The summed E-state index contributed by atoms with van der Waals surface area (Å²) in [5, 5.41) is 2.80. The van der Waals surface area contributed by atoms with Gasteiger partial charge in [-0.3, -0.25) is 14.8 Å². The molecule has 2 aromatic heterocycles. The van der Waals surface area contributed by atoms with E-state index in [-0.39, 0.29) is 12.5 Å². The van der Waals surface area contributed by atoms with Gasteiger partial charge in [-0.1, -0.05) is 12.1 Å². The van der Waals surface area contributed by atoms with Crippen molar-refractivity contribution in [1.29, 1.82) is 0 Å². The van der Waals surface area contributed by atoms with Crippen LogP contribution in [0.25, 0.3) is 22.5 Å². The highest BCUT2D eigenvalue weighted by Gasteiger charge is 2.40. The Morgan fingerprint density at radius 1 is 1.03 bits per heavy atom. The smallest absolute Gasteiger partial charge is 0.405 e. The Balaban J connectivity index is 1.45. The molecule has 9 heteroatoms. The number of aromatic nitrogens is 3. The van der Waals surface area contributed by atoms with Gasteiger partial charge in [0.05, 0.1) is 36.5 Å². The summed E-state index contributed by atoms with van der Waals surface area (Å²) in [7, 11) is 0. The quantitative estimate of drug-likeness (QED) is 0.631.